The van der Waals surface area contributed by atoms with Crippen molar-refractivity contribution in [3.05, 3.63) is 76.9 Å². The zero-order valence-electron chi connectivity index (χ0n) is 13.0. The zero-order chi connectivity index (χ0) is 16.6. The Kier molecular flexibility index (Phi) is 3.84. The topological polar surface area (TPSA) is 57.6 Å². The van der Waals surface area contributed by atoms with Crippen molar-refractivity contribution in [3.8, 4) is 0 Å². The van der Waals surface area contributed by atoms with Crippen LogP contribution < -0.4 is 4.90 Å². The molecule has 1 aliphatic carbocycles. The van der Waals surface area contributed by atoms with Crippen molar-refractivity contribution in [2.75, 3.05) is 19.0 Å². The van der Waals surface area contributed by atoms with Crippen molar-refractivity contribution >= 4 is 17.3 Å². The number of nitrogens with zero attached hydrogens (tertiary/aromatic N) is 1. The van der Waals surface area contributed by atoms with E-state index in [0.717, 1.165) is 5.69 Å². The molecule has 0 aromatic heterocycles. The summed E-state index contributed by atoms with van der Waals surface area (Å²) < 4.78 is 0. The molecule has 0 radical (unpaired) electrons. The molecule has 0 fully saturated rings. The smallest absolute Gasteiger partial charge is 0.192 e. The number of carbonyl (C=O) groups excluding carboxylic acids is 2. The minimum Gasteiger partial charge on any atom is -0.384 e. The van der Waals surface area contributed by atoms with Crippen LogP contribution >= 0.6 is 0 Å². The van der Waals surface area contributed by atoms with Crippen molar-refractivity contribution in [3.63, 3.8) is 0 Å². The van der Waals surface area contributed by atoms with Gasteiger partial charge in [0.1, 0.15) is 6.10 Å². The van der Waals surface area contributed by atoms with Crippen LogP contribution in [0.4, 0.5) is 5.69 Å². The van der Waals surface area contributed by atoms with Crippen LogP contribution in [0.5, 0.6) is 0 Å². The monoisotopic (exact) mass is 307 g/mol. The Bertz CT molecular complexity index is 804. The molecule has 1 N–H and O–H groups in total. The quantitative estimate of drug-likeness (QED) is 0.947. The predicted molar refractivity (Wildman–Crippen MR) is 88.9 cm³/mol. The lowest BCUT2D eigenvalue weighted by molar-refractivity contribution is 0.0947. The molecule has 1 atom stereocenters. The molecule has 2 aromatic rings. The number of ketones is 2. The molecule has 1 aliphatic rings. The number of hydrogen-bond acceptors (Lipinski definition) is 4. The van der Waals surface area contributed by atoms with Crippen LogP contribution in [-0.2, 0) is 0 Å². The minimum atomic E-state index is -1.11. The second-order valence-corrected chi connectivity index (χ2v) is 5.73. The summed E-state index contributed by atoms with van der Waals surface area (Å²) in [5.41, 5.74) is 2.43. The molecule has 0 amide bonds. The van der Waals surface area contributed by atoms with Gasteiger partial charge in [-0.05, 0) is 23.8 Å². The van der Waals surface area contributed by atoms with Crippen LogP contribution in [0.1, 0.15) is 32.4 Å². The summed E-state index contributed by atoms with van der Waals surface area (Å²) in [6.45, 7) is 0. The summed E-state index contributed by atoms with van der Waals surface area (Å²) in [4.78, 5) is 26.7. The number of carbonyl (C=O) groups is 2. The number of Topliss-reactive ketones (excluding diaryl/α,β-unsaturated/α-hetero) is 1. The van der Waals surface area contributed by atoms with Gasteiger partial charge in [0.25, 0.3) is 0 Å². The molecule has 0 bridgehead atoms. The van der Waals surface area contributed by atoms with E-state index in [-0.39, 0.29) is 17.1 Å². The Morgan fingerprint density at radius 3 is 2.13 bits per heavy atom. The fraction of sp³-hybridized carbons (Fsp3) is 0.158. The molecule has 4 nitrogen and oxygen atoms in total. The standard InChI is InChI=1S/C19H17NO3/c1-20(2)13-9-7-12(8-10-13)18(22)16-11-17(21)14-5-3-4-6-15(14)19(16)23/h3-11,18,22H,1-2H3/t18-/m0/s1. The van der Waals surface area contributed by atoms with Crippen LogP contribution in [0, 0.1) is 0 Å². The van der Waals surface area contributed by atoms with Crippen molar-refractivity contribution in [2.24, 2.45) is 0 Å². The molecule has 0 saturated carbocycles. The van der Waals surface area contributed by atoms with Crippen LogP contribution in [0.15, 0.2) is 60.2 Å². The summed E-state index contributed by atoms with van der Waals surface area (Å²) in [5, 5.41) is 10.5. The second-order valence-electron chi connectivity index (χ2n) is 5.73. The third kappa shape index (κ3) is 2.69. The van der Waals surface area contributed by atoms with Gasteiger partial charge in [0, 0.05) is 36.5 Å². The maximum Gasteiger partial charge on any atom is 0.192 e. The molecule has 2 aromatic carbocycles. The van der Waals surface area contributed by atoms with E-state index in [9.17, 15) is 14.7 Å². The van der Waals surface area contributed by atoms with Gasteiger partial charge in [-0.1, -0.05) is 36.4 Å². The highest BCUT2D eigenvalue weighted by Gasteiger charge is 2.29. The van der Waals surface area contributed by atoms with E-state index >= 15 is 0 Å². The highest BCUT2D eigenvalue weighted by atomic mass is 16.3. The summed E-state index contributed by atoms with van der Waals surface area (Å²) in [6.07, 6.45) is 0.130. The Morgan fingerprint density at radius 2 is 1.52 bits per heavy atom. The van der Waals surface area contributed by atoms with E-state index in [1.807, 2.05) is 31.1 Å². The van der Waals surface area contributed by atoms with E-state index in [0.29, 0.717) is 16.7 Å². The average molecular weight is 307 g/mol. The van der Waals surface area contributed by atoms with E-state index in [4.69, 9.17) is 0 Å². The molecule has 0 aliphatic heterocycles. The van der Waals surface area contributed by atoms with Crippen molar-refractivity contribution in [1.82, 2.24) is 0 Å². The number of benzene rings is 2. The first kappa shape index (κ1) is 15.2. The highest BCUT2D eigenvalue weighted by molar-refractivity contribution is 6.24. The average Bonchev–Trinajstić information content (AvgIpc) is 2.57. The number of allylic oxidation sites excluding steroid dienone is 1. The Hall–Kier alpha value is -2.72. The van der Waals surface area contributed by atoms with Gasteiger partial charge in [0.15, 0.2) is 11.6 Å². The third-order valence-corrected chi connectivity index (χ3v) is 4.01. The molecule has 23 heavy (non-hydrogen) atoms. The van der Waals surface area contributed by atoms with Crippen LogP contribution in [-0.4, -0.2) is 30.8 Å². The van der Waals surface area contributed by atoms with Gasteiger partial charge in [-0.2, -0.15) is 0 Å². The van der Waals surface area contributed by atoms with Gasteiger partial charge in [-0.3, -0.25) is 9.59 Å². The van der Waals surface area contributed by atoms with Crippen molar-refractivity contribution in [2.45, 2.75) is 6.10 Å². The van der Waals surface area contributed by atoms with Crippen LogP contribution in [0.2, 0.25) is 0 Å². The fourth-order valence-corrected chi connectivity index (χ4v) is 2.67. The summed E-state index contributed by atoms with van der Waals surface area (Å²) >= 11 is 0. The van der Waals surface area contributed by atoms with E-state index in [1.54, 1.807) is 36.4 Å². The van der Waals surface area contributed by atoms with E-state index < -0.39 is 6.10 Å². The van der Waals surface area contributed by atoms with Crippen molar-refractivity contribution < 1.29 is 14.7 Å². The zero-order valence-corrected chi connectivity index (χ0v) is 13.0. The van der Waals surface area contributed by atoms with E-state index in [2.05, 4.69) is 0 Å². The van der Waals surface area contributed by atoms with Gasteiger partial charge in [-0.25, -0.2) is 0 Å². The molecular formula is C19H17NO3. The number of aliphatic hydroxyl groups is 1. The first-order chi connectivity index (χ1) is 11.0. The molecule has 3 rings (SSSR count). The Labute approximate surface area is 134 Å². The summed E-state index contributed by atoms with van der Waals surface area (Å²) in [7, 11) is 3.85. The minimum absolute atomic E-state index is 0.117. The molecule has 0 heterocycles. The number of aliphatic hydroxyl groups excluding tert-OH is 1. The maximum absolute atomic E-state index is 12.6. The number of anilines is 1. The van der Waals surface area contributed by atoms with E-state index in [1.165, 1.54) is 6.08 Å². The highest BCUT2D eigenvalue weighted by Crippen LogP contribution is 2.30. The van der Waals surface area contributed by atoms with Crippen LogP contribution in [0.3, 0.4) is 0 Å². The molecule has 0 saturated heterocycles. The van der Waals surface area contributed by atoms with Gasteiger partial charge in [0.2, 0.25) is 0 Å². The normalized spacial score (nSPS) is 15.0. The molecular weight excluding hydrogens is 290 g/mol. The number of hydrogen-bond donors (Lipinski definition) is 1. The van der Waals surface area contributed by atoms with Gasteiger partial charge < -0.3 is 10.0 Å². The number of fused-ring (bicyclic) bond motifs is 1. The van der Waals surface area contributed by atoms with Gasteiger partial charge in [0.05, 0.1) is 0 Å². The Balaban J connectivity index is 1.95. The number of rotatable bonds is 3. The summed E-state index contributed by atoms with van der Waals surface area (Å²) in [5.74, 6) is -0.552. The molecule has 0 spiro atoms. The first-order valence-corrected chi connectivity index (χ1v) is 7.34. The third-order valence-electron chi connectivity index (χ3n) is 4.01. The van der Waals surface area contributed by atoms with Crippen molar-refractivity contribution in [1.29, 1.82) is 0 Å². The lowest BCUT2D eigenvalue weighted by atomic mass is 9.85. The molecule has 4 heteroatoms. The lowest BCUT2D eigenvalue weighted by Crippen LogP contribution is -2.21. The Morgan fingerprint density at radius 1 is 0.913 bits per heavy atom. The maximum atomic E-state index is 12.6. The predicted octanol–water partition coefficient (Wildman–Crippen LogP) is 2.79. The fourth-order valence-electron chi connectivity index (χ4n) is 2.67. The van der Waals surface area contributed by atoms with Crippen LogP contribution in [0.25, 0.3) is 0 Å². The first-order valence-electron chi connectivity index (χ1n) is 7.34. The summed E-state index contributed by atoms with van der Waals surface area (Å²) in [6, 6.07) is 13.9. The molecule has 0 unspecified atom stereocenters. The van der Waals surface area contributed by atoms with Gasteiger partial charge >= 0.3 is 0 Å². The lowest BCUT2D eigenvalue weighted by Gasteiger charge is -2.20. The second kappa shape index (κ2) is 5.82. The molecule has 116 valence electrons. The largest absolute Gasteiger partial charge is 0.384 e. The SMILES string of the molecule is CN(C)c1ccc([C@H](O)C2=CC(=O)c3ccccc3C2=O)cc1. The van der Waals surface area contributed by atoms with Gasteiger partial charge in [-0.15, -0.1) is 0 Å².